The molecule has 1 amide bonds. The largest absolute Gasteiger partial charge is 0.503 e. The number of hydrogen-bond donors (Lipinski definition) is 3. The number of methoxy groups -OCH3 is 1. The third-order valence-electron chi connectivity index (χ3n) is 3.11. The number of phenolic OH excluding ortho intramolecular Hbond substituents is 1. The van der Waals surface area contributed by atoms with Crippen LogP contribution in [0.1, 0.15) is 24.8 Å². The Hall–Kier alpha value is -1.27. The average Bonchev–Trinajstić information content (AvgIpc) is 3.22. The molecule has 110 valence electrons. The van der Waals surface area contributed by atoms with Crippen molar-refractivity contribution in [2.24, 2.45) is 0 Å². The number of rotatable bonds is 7. The van der Waals surface area contributed by atoms with Gasteiger partial charge in [-0.3, -0.25) is 4.79 Å². The van der Waals surface area contributed by atoms with Gasteiger partial charge in [-0.25, -0.2) is 0 Å². The number of carbonyl (C=O) groups is 1. The Bertz CT molecular complexity index is 490. The van der Waals surface area contributed by atoms with Crippen LogP contribution in [-0.2, 0) is 11.3 Å². The summed E-state index contributed by atoms with van der Waals surface area (Å²) in [5, 5.41) is 15.9. The highest BCUT2D eigenvalue weighted by atomic mass is 79.9. The maximum atomic E-state index is 11.5. The number of carbonyl (C=O) groups excluding carboxylic acids is 1. The highest BCUT2D eigenvalue weighted by Crippen LogP contribution is 2.35. The van der Waals surface area contributed by atoms with Crippen LogP contribution in [0.2, 0.25) is 0 Å². The first kappa shape index (κ1) is 15.1. The molecule has 0 unspecified atom stereocenters. The molecule has 0 saturated heterocycles. The Labute approximate surface area is 126 Å². The molecule has 0 radical (unpaired) electrons. The highest BCUT2D eigenvalue weighted by molar-refractivity contribution is 9.10. The van der Waals surface area contributed by atoms with Gasteiger partial charge in [0.05, 0.1) is 11.6 Å². The predicted molar refractivity (Wildman–Crippen MR) is 79.8 cm³/mol. The van der Waals surface area contributed by atoms with Crippen molar-refractivity contribution >= 4 is 21.8 Å². The quantitative estimate of drug-likeness (QED) is 0.662. The summed E-state index contributed by atoms with van der Waals surface area (Å²) in [6.07, 6.45) is 2.70. The van der Waals surface area contributed by atoms with Crippen molar-refractivity contribution in [2.75, 3.05) is 13.7 Å². The first-order valence-corrected chi connectivity index (χ1v) is 7.45. The molecule has 0 atom stereocenters. The van der Waals surface area contributed by atoms with Gasteiger partial charge in [0, 0.05) is 25.6 Å². The fourth-order valence-corrected chi connectivity index (χ4v) is 2.34. The SMILES string of the molecule is COc1cc(CNCCC(=O)NC2CC2)cc(Br)c1O. The number of amides is 1. The molecule has 0 heterocycles. The lowest BCUT2D eigenvalue weighted by atomic mass is 10.2. The Morgan fingerprint density at radius 1 is 1.50 bits per heavy atom. The van der Waals surface area contributed by atoms with Gasteiger partial charge in [0.2, 0.25) is 5.91 Å². The molecule has 6 heteroatoms. The molecule has 1 aliphatic rings. The van der Waals surface area contributed by atoms with E-state index in [4.69, 9.17) is 4.74 Å². The van der Waals surface area contributed by atoms with Gasteiger partial charge in [-0.15, -0.1) is 0 Å². The van der Waals surface area contributed by atoms with Crippen molar-refractivity contribution in [1.82, 2.24) is 10.6 Å². The summed E-state index contributed by atoms with van der Waals surface area (Å²) in [7, 11) is 1.51. The molecule has 1 aromatic rings. The lowest BCUT2D eigenvalue weighted by Gasteiger charge is -2.10. The molecule has 1 aliphatic carbocycles. The van der Waals surface area contributed by atoms with Crippen LogP contribution >= 0.6 is 15.9 Å². The minimum Gasteiger partial charge on any atom is -0.503 e. The van der Waals surface area contributed by atoms with Gasteiger partial charge in [-0.2, -0.15) is 0 Å². The number of benzene rings is 1. The average molecular weight is 343 g/mol. The molecule has 0 aromatic heterocycles. The predicted octanol–water partition coefficient (Wildman–Crippen LogP) is 1.92. The number of ether oxygens (including phenoxy) is 1. The maximum Gasteiger partial charge on any atom is 0.221 e. The van der Waals surface area contributed by atoms with E-state index in [-0.39, 0.29) is 11.7 Å². The fourth-order valence-electron chi connectivity index (χ4n) is 1.85. The number of hydrogen-bond acceptors (Lipinski definition) is 4. The summed E-state index contributed by atoms with van der Waals surface area (Å²) in [6.45, 7) is 1.24. The second kappa shape index (κ2) is 6.95. The zero-order valence-corrected chi connectivity index (χ0v) is 13.0. The number of nitrogens with one attached hydrogen (secondary N) is 2. The van der Waals surface area contributed by atoms with E-state index < -0.39 is 0 Å². The van der Waals surface area contributed by atoms with Crippen molar-refractivity contribution in [2.45, 2.75) is 31.8 Å². The lowest BCUT2D eigenvalue weighted by Crippen LogP contribution is -2.29. The van der Waals surface area contributed by atoms with Crippen LogP contribution in [0.4, 0.5) is 0 Å². The van der Waals surface area contributed by atoms with E-state index in [0.29, 0.717) is 35.8 Å². The van der Waals surface area contributed by atoms with Gasteiger partial charge in [0.15, 0.2) is 11.5 Å². The Morgan fingerprint density at radius 3 is 2.90 bits per heavy atom. The summed E-state index contributed by atoms with van der Waals surface area (Å²) in [5.41, 5.74) is 0.981. The maximum absolute atomic E-state index is 11.5. The molecule has 20 heavy (non-hydrogen) atoms. The van der Waals surface area contributed by atoms with Gasteiger partial charge in [0.1, 0.15) is 0 Å². The van der Waals surface area contributed by atoms with E-state index in [2.05, 4.69) is 26.6 Å². The lowest BCUT2D eigenvalue weighted by molar-refractivity contribution is -0.121. The van der Waals surface area contributed by atoms with Crippen LogP contribution in [0.15, 0.2) is 16.6 Å². The minimum atomic E-state index is 0.0973. The van der Waals surface area contributed by atoms with Crippen molar-refractivity contribution in [3.05, 3.63) is 22.2 Å². The summed E-state index contributed by atoms with van der Waals surface area (Å²) in [6, 6.07) is 4.02. The first-order valence-electron chi connectivity index (χ1n) is 6.65. The third-order valence-corrected chi connectivity index (χ3v) is 3.71. The monoisotopic (exact) mass is 342 g/mol. The molecular weight excluding hydrogens is 324 g/mol. The second-order valence-electron chi connectivity index (χ2n) is 4.90. The topological polar surface area (TPSA) is 70.6 Å². The van der Waals surface area contributed by atoms with Crippen molar-refractivity contribution in [3.63, 3.8) is 0 Å². The van der Waals surface area contributed by atoms with Crippen LogP contribution in [-0.4, -0.2) is 30.7 Å². The second-order valence-corrected chi connectivity index (χ2v) is 5.75. The number of halogens is 1. The smallest absolute Gasteiger partial charge is 0.221 e. The van der Waals surface area contributed by atoms with Gasteiger partial charge in [0.25, 0.3) is 0 Å². The number of aromatic hydroxyl groups is 1. The zero-order chi connectivity index (χ0) is 14.5. The van der Waals surface area contributed by atoms with E-state index in [1.807, 2.05) is 6.07 Å². The highest BCUT2D eigenvalue weighted by Gasteiger charge is 2.22. The van der Waals surface area contributed by atoms with Crippen LogP contribution in [0.5, 0.6) is 11.5 Å². The molecule has 3 N–H and O–H groups in total. The molecule has 0 bridgehead atoms. The van der Waals surface area contributed by atoms with Crippen LogP contribution in [0.25, 0.3) is 0 Å². The standard InChI is InChI=1S/C14H19BrN2O3/c1-20-12-7-9(6-11(15)14(12)19)8-16-5-4-13(18)17-10-2-3-10/h6-7,10,16,19H,2-5,8H2,1H3,(H,17,18). The molecular formula is C14H19BrN2O3. The summed E-state index contributed by atoms with van der Waals surface area (Å²) < 4.78 is 5.69. The molecule has 0 spiro atoms. The zero-order valence-electron chi connectivity index (χ0n) is 11.4. The Morgan fingerprint density at radius 2 is 2.25 bits per heavy atom. The summed E-state index contributed by atoms with van der Waals surface area (Å²) in [5.74, 6) is 0.632. The Kier molecular flexibility index (Phi) is 5.25. The van der Waals surface area contributed by atoms with Gasteiger partial charge < -0.3 is 20.5 Å². The molecule has 5 nitrogen and oxygen atoms in total. The van der Waals surface area contributed by atoms with E-state index in [1.54, 1.807) is 6.07 Å². The van der Waals surface area contributed by atoms with Crippen LogP contribution < -0.4 is 15.4 Å². The van der Waals surface area contributed by atoms with E-state index in [0.717, 1.165) is 18.4 Å². The van der Waals surface area contributed by atoms with Crippen LogP contribution in [0, 0.1) is 0 Å². The van der Waals surface area contributed by atoms with Gasteiger partial charge in [-0.05, 0) is 46.5 Å². The van der Waals surface area contributed by atoms with Crippen molar-refractivity contribution in [1.29, 1.82) is 0 Å². The third kappa shape index (κ3) is 4.38. The Balaban J connectivity index is 1.75. The molecule has 1 aromatic carbocycles. The first-order chi connectivity index (χ1) is 9.60. The summed E-state index contributed by atoms with van der Waals surface area (Å²) >= 11 is 3.28. The molecule has 0 aliphatic heterocycles. The molecule has 1 fully saturated rings. The van der Waals surface area contributed by atoms with Gasteiger partial charge >= 0.3 is 0 Å². The summed E-state index contributed by atoms with van der Waals surface area (Å²) in [4.78, 5) is 11.5. The molecule has 2 rings (SSSR count). The van der Waals surface area contributed by atoms with E-state index in [9.17, 15) is 9.90 Å². The molecule has 1 saturated carbocycles. The van der Waals surface area contributed by atoms with E-state index in [1.165, 1.54) is 7.11 Å². The van der Waals surface area contributed by atoms with Crippen molar-refractivity contribution < 1.29 is 14.6 Å². The van der Waals surface area contributed by atoms with Crippen molar-refractivity contribution in [3.8, 4) is 11.5 Å². The van der Waals surface area contributed by atoms with E-state index >= 15 is 0 Å². The number of phenols is 1. The minimum absolute atomic E-state index is 0.0973. The fraction of sp³-hybridized carbons (Fsp3) is 0.500. The van der Waals surface area contributed by atoms with Gasteiger partial charge in [-0.1, -0.05) is 0 Å². The van der Waals surface area contributed by atoms with Crippen LogP contribution in [0.3, 0.4) is 0 Å². The normalized spacial score (nSPS) is 14.1.